The molecule has 3 aromatic rings. The molecule has 0 bridgehead atoms. The highest BCUT2D eigenvalue weighted by Crippen LogP contribution is 2.25. The molecule has 0 aliphatic rings. The minimum absolute atomic E-state index is 0.326. The van der Waals surface area contributed by atoms with Gasteiger partial charge in [-0.15, -0.1) is 0 Å². The second-order valence-electron chi connectivity index (χ2n) is 5.70. The van der Waals surface area contributed by atoms with Crippen molar-refractivity contribution in [3.63, 3.8) is 0 Å². The molecule has 0 fully saturated rings. The molecule has 5 nitrogen and oxygen atoms in total. The van der Waals surface area contributed by atoms with Gasteiger partial charge in [-0.25, -0.2) is 9.37 Å². The lowest BCUT2D eigenvalue weighted by atomic mass is 10.0. The number of carbonyl (C=O) groups is 1. The molecule has 0 radical (unpaired) electrons. The van der Waals surface area contributed by atoms with Crippen LogP contribution in [0, 0.1) is 5.82 Å². The molecule has 0 saturated carbocycles. The Bertz CT molecular complexity index is 942. The van der Waals surface area contributed by atoms with E-state index in [0.717, 1.165) is 0 Å². The molecule has 0 spiro atoms. The second-order valence-corrected chi connectivity index (χ2v) is 6.56. The number of nitrogens with one attached hydrogen (secondary N) is 1. The number of imidazole rings is 1. The van der Waals surface area contributed by atoms with Crippen molar-refractivity contribution in [1.29, 1.82) is 0 Å². The molecular formula is C19H17BrFN3O2. The standard InChI is InChI=1S/C19H17BrFN3O2/c1-24-9-8-22-18(24)17(12-4-3-5-13(21)10-12)23-19(25)15-11-14(26-2)6-7-16(15)20/h3-11,17H,1-2H3,(H,23,25). The fourth-order valence-corrected chi connectivity index (χ4v) is 3.08. The van der Waals surface area contributed by atoms with E-state index in [1.54, 1.807) is 47.3 Å². The van der Waals surface area contributed by atoms with Crippen molar-refractivity contribution in [2.24, 2.45) is 7.05 Å². The van der Waals surface area contributed by atoms with E-state index in [1.807, 2.05) is 7.05 Å². The monoisotopic (exact) mass is 417 g/mol. The lowest BCUT2D eigenvalue weighted by molar-refractivity contribution is 0.0940. The van der Waals surface area contributed by atoms with Gasteiger partial charge in [0.25, 0.3) is 5.91 Å². The highest BCUT2D eigenvalue weighted by atomic mass is 79.9. The van der Waals surface area contributed by atoms with Gasteiger partial charge >= 0.3 is 0 Å². The summed E-state index contributed by atoms with van der Waals surface area (Å²) >= 11 is 3.38. The molecule has 1 heterocycles. The summed E-state index contributed by atoms with van der Waals surface area (Å²) in [6.45, 7) is 0. The van der Waals surface area contributed by atoms with Gasteiger partial charge in [0, 0.05) is 23.9 Å². The summed E-state index contributed by atoms with van der Waals surface area (Å²) in [4.78, 5) is 17.2. The number of hydrogen-bond acceptors (Lipinski definition) is 3. The molecule has 7 heteroatoms. The number of carbonyl (C=O) groups excluding carboxylic acids is 1. The Kier molecular flexibility index (Phi) is 5.37. The summed E-state index contributed by atoms with van der Waals surface area (Å²) in [7, 11) is 3.36. The maximum absolute atomic E-state index is 13.7. The first-order chi connectivity index (χ1) is 12.5. The molecule has 1 amide bonds. The van der Waals surface area contributed by atoms with Crippen molar-refractivity contribution in [1.82, 2.24) is 14.9 Å². The molecule has 134 valence electrons. The zero-order valence-electron chi connectivity index (χ0n) is 14.2. The Labute approximate surface area is 159 Å². The quantitative estimate of drug-likeness (QED) is 0.685. The molecule has 1 N–H and O–H groups in total. The number of aromatic nitrogens is 2. The van der Waals surface area contributed by atoms with E-state index in [2.05, 4.69) is 26.2 Å². The number of hydrogen-bond donors (Lipinski definition) is 1. The first kappa shape index (κ1) is 18.1. The maximum atomic E-state index is 13.7. The first-order valence-corrected chi connectivity index (χ1v) is 8.66. The van der Waals surface area contributed by atoms with Crippen LogP contribution in [0.2, 0.25) is 0 Å². The fraction of sp³-hybridized carbons (Fsp3) is 0.158. The normalized spacial score (nSPS) is 11.8. The van der Waals surface area contributed by atoms with E-state index < -0.39 is 6.04 Å². The van der Waals surface area contributed by atoms with Crippen molar-refractivity contribution in [2.75, 3.05) is 7.11 Å². The summed E-state index contributed by atoms with van der Waals surface area (Å²) in [5, 5.41) is 2.94. The lowest BCUT2D eigenvalue weighted by Gasteiger charge is -2.20. The molecule has 1 unspecified atom stereocenters. The summed E-state index contributed by atoms with van der Waals surface area (Å²) in [5.74, 6) is 0.465. The Balaban J connectivity index is 1.99. The third kappa shape index (κ3) is 3.77. The zero-order valence-corrected chi connectivity index (χ0v) is 15.8. The fourth-order valence-electron chi connectivity index (χ4n) is 2.65. The minimum Gasteiger partial charge on any atom is -0.497 e. The number of halogens is 2. The summed E-state index contributed by atoms with van der Waals surface area (Å²) < 4.78 is 21.3. The van der Waals surface area contributed by atoms with Crippen LogP contribution in [0.3, 0.4) is 0 Å². The van der Waals surface area contributed by atoms with Crippen LogP contribution >= 0.6 is 15.9 Å². The van der Waals surface area contributed by atoms with Gasteiger partial charge in [-0.05, 0) is 51.8 Å². The maximum Gasteiger partial charge on any atom is 0.253 e. The molecule has 26 heavy (non-hydrogen) atoms. The van der Waals surface area contributed by atoms with Gasteiger partial charge in [-0.2, -0.15) is 0 Å². The number of amides is 1. The Morgan fingerprint density at radius 2 is 2.12 bits per heavy atom. The van der Waals surface area contributed by atoms with Gasteiger partial charge in [0.15, 0.2) is 0 Å². The number of benzene rings is 2. The van der Waals surface area contributed by atoms with Crippen molar-refractivity contribution < 1.29 is 13.9 Å². The lowest BCUT2D eigenvalue weighted by Crippen LogP contribution is -2.31. The predicted molar refractivity (Wildman–Crippen MR) is 99.6 cm³/mol. The molecule has 2 aromatic carbocycles. The molecule has 1 aromatic heterocycles. The third-order valence-electron chi connectivity index (χ3n) is 3.99. The smallest absolute Gasteiger partial charge is 0.253 e. The van der Waals surface area contributed by atoms with Gasteiger partial charge in [0.2, 0.25) is 0 Å². The van der Waals surface area contributed by atoms with Gasteiger partial charge < -0.3 is 14.6 Å². The largest absolute Gasteiger partial charge is 0.497 e. The molecule has 1 atom stereocenters. The van der Waals surface area contributed by atoms with Crippen LogP contribution in [0.15, 0.2) is 59.3 Å². The van der Waals surface area contributed by atoms with Gasteiger partial charge in [-0.1, -0.05) is 12.1 Å². The van der Waals surface area contributed by atoms with E-state index in [1.165, 1.54) is 19.2 Å². The van der Waals surface area contributed by atoms with Crippen LogP contribution in [0.4, 0.5) is 4.39 Å². The number of aryl methyl sites for hydroxylation is 1. The highest BCUT2D eigenvalue weighted by molar-refractivity contribution is 9.10. The zero-order chi connectivity index (χ0) is 18.7. The molecule has 0 saturated heterocycles. The number of methoxy groups -OCH3 is 1. The molecule has 0 aliphatic carbocycles. The van der Waals surface area contributed by atoms with Crippen LogP contribution < -0.4 is 10.1 Å². The van der Waals surface area contributed by atoms with E-state index in [4.69, 9.17) is 4.74 Å². The molecular weight excluding hydrogens is 401 g/mol. The van der Waals surface area contributed by atoms with Crippen LogP contribution in [0.25, 0.3) is 0 Å². The summed E-state index contributed by atoms with van der Waals surface area (Å²) in [5.41, 5.74) is 1.02. The van der Waals surface area contributed by atoms with E-state index in [9.17, 15) is 9.18 Å². The van der Waals surface area contributed by atoms with Crippen LogP contribution in [-0.4, -0.2) is 22.6 Å². The first-order valence-electron chi connectivity index (χ1n) is 7.86. The number of ether oxygens (including phenoxy) is 1. The number of rotatable bonds is 5. The average molecular weight is 418 g/mol. The molecule has 3 rings (SSSR count). The number of nitrogens with zero attached hydrogens (tertiary/aromatic N) is 2. The van der Waals surface area contributed by atoms with Crippen LogP contribution in [0.1, 0.15) is 27.8 Å². The molecule has 0 aliphatic heterocycles. The van der Waals surface area contributed by atoms with Crippen LogP contribution in [-0.2, 0) is 7.05 Å². The summed E-state index contributed by atoms with van der Waals surface area (Å²) in [6.07, 6.45) is 3.41. The van der Waals surface area contributed by atoms with Crippen molar-refractivity contribution in [3.8, 4) is 5.75 Å². The van der Waals surface area contributed by atoms with E-state index in [-0.39, 0.29) is 11.7 Å². The van der Waals surface area contributed by atoms with Gasteiger partial charge in [-0.3, -0.25) is 4.79 Å². The van der Waals surface area contributed by atoms with Crippen molar-refractivity contribution in [3.05, 3.63) is 82.1 Å². The Hall–Kier alpha value is -2.67. The van der Waals surface area contributed by atoms with Crippen LogP contribution in [0.5, 0.6) is 5.75 Å². The van der Waals surface area contributed by atoms with E-state index in [0.29, 0.717) is 27.2 Å². The SMILES string of the molecule is COc1ccc(Br)c(C(=O)NC(c2cccc(F)c2)c2nccn2C)c1. The van der Waals surface area contributed by atoms with Crippen molar-refractivity contribution in [2.45, 2.75) is 6.04 Å². The average Bonchev–Trinajstić information content (AvgIpc) is 3.05. The Morgan fingerprint density at radius 3 is 2.77 bits per heavy atom. The third-order valence-corrected chi connectivity index (χ3v) is 4.68. The second kappa shape index (κ2) is 7.70. The van der Waals surface area contributed by atoms with Gasteiger partial charge in [0.1, 0.15) is 23.4 Å². The predicted octanol–water partition coefficient (Wildman–Crippen LogP) is 3.85. The highest BCUT2D eigenvalue weighted by Gasteiger charge is 2.23. The van der Waals surface area contributed by atoms with Crippen molar-refractivity contribution >= 4 is 21.8 Å². The summed E-state index contributed by atoms with van der Waals surface area (Å²) in [6, 6.07) is 10.6. The van der Waals surface area contributed by atoms with Gasteiger partial charge in [0.05, 0.1) is 12.7 Å². The van der Waals surface area contributed by atoms with E-state index >= 15 is 0 Å². The topological polar surface area (TPSA) is 56.1 Å². The minimum atomic E-state index is -0.601. The Morgan fingerprint density at radius 1 is 1.31 bits per heavy atom.